The molecular formula is C14H14N8O5S3. The third-order valence-corrected chi connectivity index (χ3v) is 8.01. The Kier molecular flexibility index (Phi) is 5.61. The van der Waals surface area contributed by atoms with Gasteiger partial charge in [0.05, 0.1) is 16.6 Å². The van der Waals surface area contributed by atoms with Gasteiger partial charge in [0.1, 0.15) is 35.0 Å². The van der Waals surface area contributed by atoms with Crippen molar-refractivity contribution in [3.05, 3.63) is 22.6 Å². The molecule has 2 aliphatic heterocycles. The highest BCUT2D eigenvalue weighted by Crippen LogP contribution is 2.37. The van der Waals surface area contributed by atoms with Crippen LogP contribution in [0, 0.1) is 6.92 Å². The van der Waals surface area contributed by atoms with Crippen LogP contribution in [0.15, 0.2) is 21.9 Å². The van der Waals surface area contributed by atoms with Crippen LogP contribution < -0.4 is 5.32 Å². The van der Waals surface area contributed by atoms with Crippen LogP contribution in [0.1, 0.15) is 5.01 Å². The van der Waals surface area contributed by atoms with Crippen molar-refractivity contribution in [2.45, 2.75) is 29.2 Å². The number of fused-ring (bicyclic) bond motifs is 1. The highest BCUT2D eigenvalue weighted by molar-refractivity contribution is 8.01. The van der Waals surface area contributed by atoms with Gasteiger partial charge in [-0.2, -0.15) is 0 Å². The van der Waals surface area contributed by atoms with Crippen LogP contribution in [0.2, 0.25) is 0 Å². The molecule has 0 aliphatic carbocycles. The van der Waals surface area contributed by atoms with Crippen LogP contribution in [0.25, 0.3) is 0 Å². The summed E-state index contributed by atoms with van der Waals surface area (Å²) in [5, 5.41) is 30.3. The minimum Gasteiger partial charge on any atom is -0.477 e. The molecular weight excluding hydrogens is 456 g/mol. The highest BCUT2D eigenvalue weighted by atomic mass is 32.2. The molecule has 4 rings (SSSR count). The standard InChI is InChI=1S/C14H14N8O5S3/c1-6-17-18-14(29-6)28-3-7-4-30(27)12-9(11(24)22(12)10(7)13(25)26)16-8(23)2-21-5-15-19-20-21/h5,9,12H,2-4H2,1H3,(H,16,23)(H,25,26). The number of carbonyl (C=O) groups is 3. The lowest BCUT2D eigenvalue weighted by Gasteiger charge is -2.49. The van der Waals surface area contributed by atoms with Crippen molar-refractivity contribution in [2.75, 3.05) is 11.5 Å². The van der Waals surface area contributed by atoms with Crippen molar-refractivity contribution < 1.29 is 23.7 Å². The number of hydrogen-bond acceptors (Lipinski definition) is 11. The summed E-state index contributed by atoms with van der Waals surface area (Å²) in [7, 11) is -1.58. The van der Waals surface area contributed by atoms with Gasteiger partial charge in [-0.1, -0.05) is 23.1 Å². The summed E-state index contributed by atoms with van der Waals surface area (Å²) >= 11 is 2.64. The maximum atomic E-state index is 12.8. The summed E-state index contributed by atoms with van der Waals surface area (Å²) in [6.45, 7) is 1.58. The van der Waals surface area contributed by atoms with Gasteiger partial charge in [0.2, 0.25) is 5.91 Å². The topological polar surface area (TPSA) is 173 Å². The van der Waals surface area contributed by atoms with Crippen LogP contribution >= 0.6 is 23.1 Å². The maximum absolute atomic E-state index is 12.8. The minimum atomic E-state index is -1.58. The fourth-order valence-electron chi connectivity index (χ4n) is 3.07. The average Bonchev–Trinajstić information content (AvgIpc) is 3.35. The quantitative estimate of drug-likeness (QED) is 0.352. The first-order chi connectivity index (χ1) is 14.3. The third-order valence-electron chi connectivity index (χ3n) is 4.30. The maximum Gasteiger partial charge on any atom is 0.352 e. The normalized spacial score (nSPS) is 23.2. The Labute approximate surface area is 179 Å². The lowest BCUT2D eigenvalue weighted by atomic mass is 10.0. The van der Waals surface area contributed by atoms with Gasteiger partial charge in [-0.05, 0) is 22.9 Å². The van der Waals surface area contributed by atoms with Crippen LogP contribution in [-0.4, -0.2) is 85.3 Å². The number of carbonyl (C=O) groups excluding carboxylic acids is 2. The molecule has 0 spiro atoms. The largest absolute Gasteiger partial charge is 0.477 e. The van der Waals surface area contributed by atoms with E-state index in [1.807, 2.05) is 0 Å². The number of aryl methyl sites for hydroxylation is 1. The molecule has 0 bridgehead atoms. The molecule has 3 unspecified atom stereocenters. The number of amides is 2. The van der Waals surface area contributed by atoms with E-state index in [0.717, 1.165) is 9.91 Å². The number of aliphatic carboxylic acids is 1. The smallest absolute Gasteiger partial charge is 0.352 e. The molecule has 2 aliphatic rings. The molecule has 16 heteroatoms. The lowest BCUT2D eigenvalue weighted by Crippen LogP contribution is -2.73. The van der Waals surface area contributed by atoms with E-state index in [1.165, 1.54) is 34.1 Å². The Balaban J connectivity index is 1.49. The number of carboxylic acid groups (broad SMARTS) is 1. The number of thioether (sulfide) groups is 1. The summed E-state index contributed by atoms with van der Waals surface area (Å²) in [5.41, 5.74) is 0.186. The Morgan fingerprint density at radius 1 is 1.43 bits per heavy atom. The third kappa shape index (κ3) is 3.84. The molecule has 13 nitrogen and oxygen atoms in total. The number of β-lactam (4-membered cyclic amide) rings is 1. The second kappa shape index (κ2) is 8.19. The van der Waals surface area contributed by atoms with Crippen molar-refractivity contribution in [3.63, 3.8) is 0 Å². The van der Waals surface area contributed by atoms with Crippen molar-refractivity contribution in [1.29, 1.82) is 0 Å². The zero-order valence-electron chi connectivity index (χ0n) is 15.3. The average molecular weight is 471 g/mol. The van der Waals surface area contributed by atoms with E-state index < -0.39 is 40.0 Å². The van der Waals surface area contributed by atoms with Gasteiger partial charge in [-0.25, -0.2) is 9.48 Å². The highest BCUT2D eigenvalue weighted by Gasteiger charge is 2.57. The van der Waals surface area contributed by atoms with Crippen LogP contribution in [0.4, 0.5) is 0 Å². The van der Waals surface area contributed by atoms with Crippen molar-refractivity contribution in [1.82, 2.24) is 40.6 Å². The van der Waals surface area contributed by atoms with Crippen molar-refractivity contribution >= 4 is 51.7 Å². The van der Waals surface area contributed by atoms with Crippen LogP contribution in [0.5, 0.6) is 0 Å². The molecule has 4 heterocycles. The lowest BCUT2D eigenvalue weighted by molar-refractivity contribution is -0.151. The SMILES string of the molecule is Cc1nnc(SCC2=C(C(=O)O)N3C(=O)C(NC(=O)Cn4cnnn4)C3S(=O)C2)s1. The Morgan fingerprint density at radius 2 is 2.23 bits per heavy atom. The van der Waals surface area contributed by atoms with Gasteiger partial charge in [0.15, 0.2) is 4.34 Å². The van der Waals surface area contributed by atoms with E-state index >= 15 is 0 Å². The molecule has 0 radical (unpaired) electrons. The summed E-state index contributed by atoms with van der Waals surface area (Å²) in [6, 6.07) is -1.07. The second-order valence-electron chi connectivity index (χ2n) is 6.31. The van der Waals surface area contributed by atoms with Gasteiger partial charge in [0.25, 0.3) is 5.91 Å². The number of aromatic nitrogens is 6. The van der Waals surface area contributed by atoms with Crippen molar-refractivity contribution in [2.24, 2.45) is 0 Å². The van der Waals surface area contributed by atoms with E-state index in [1.54, 1.807) is 6.92 Å². The van der Waals surface area contributed by atoms with Gasteiger partial charge < -0.3 is 10.4 Å². The zero-order valence-corrected chi connectivity index (χ0v) is 17.7. The summed E-state index contributed by atoms with van der Waals surface area (Å²) in [6.07, 6.45) is 1.24. The molecule has 2 aromatic rings. The molecule has 158 valence electrons. The zero-order chi connectivity index (χ0) is 21.4. The molecule has 0 saturated carbocycles. The van der Waals surface area contributed by atoms with Crippen LogP contribution in [0.3, 0.4) is 0 Å². The van der Waals surface area contributed by atoms with E-state index in [-0.39, 0.29) is 23.7 Å². The summed E-state index contributed by atoms with van der Waals surface area (Å²) in [4.78, 5) is 37.6. The first kappa shape index (κ1) is 20.5. The minimum absolute atomic E-state index is 0.0137. The van der Waals surface area contributed by atoms with E-state index in [9.17, 15) is 23.7 Å². The molecule has 1 saturated heterocycles. The number of nitrogens with one attached hydrogen (secondary N) is 1. The fraction of sp³-hybridized carbons (Fsp3) is 0.429. The predicted molar refractivity (Wildman–Crippen MR) is 103 cm³/mol. The van der Waals surface area contributed by atoms with Crippen molar-refractivity contribution in [3.8, 4) is 0 Å². The van der Waals surface area contributed by atoms with Gasteiger partial charge in [-0.3, -0.25) is 18.7 Å². The Hall–Kier alpha value is -2.72. The summed E-state index contributed by atoms with van der Waals surface area (Å²) in [5.74, 6) is -2.25. The second-order valence-corrected chi connectivity index (χ2v) is 10.2. The first-order valence-electron chi connectivity index (χ1n) is 8.43. The molecule has 2 N–H and O–H groups in total. The molecule has 0 aromatic carbocycles. The Bertz CT molecular complexity index is 1070. The number of tetrazole rings is 1. The first-order valence-corrected chi connectivity index (χ1v) is 11.6. The number of nitrogens with zero attached hydrogens (tertiary/aromatic N) is 7. The number of hydrogen-bond donors (Lipinski definition) is 2. The van der Waals surface area contributed by atoms with Gasteiger partial charge in [-0.15, -0.1) is 15.3 Å². The molecule has 30 heavy (non-hydrogen) atoms. The molecule has 3 atom stereocenters. The monoisotopic (exact) mass is 470 g/mol. The summed E-state index contributed by atoms with van der Waals surface area (Å²) < 4.78 is 14.6. The molecule has 2 aromatic heterocycles. The predicted octanol–water partition coefficient (Wildman–Crippen LogP) is -1.62. The molecule has 1 fully saturated rings. The van der Waals surface area contributed by atoms with Gasteiger partial charge in [0, 0.05) is 5.75 Å². The van der Waals surface area contributed by atoms with Gasteiger partial charge >= 0.3 is 5.97 Å². The van der Waals surface area contributed by atoms with Crippen LogP contribution in [-0.2, 0) is 31.7 Å². The van der Waals surface area contributed by atoms with E-state index in [0.29, 0.717) is 9.91 Å². The van der Waals surface area contributed by atoms with E-state index in [2.05, 4.69) is 31.0 Å². The Morgan fingerprint density at radius 3 is 2.87 bits per heavy atom. The fourth-order valence-corrected chi connectivity index (χ4v) is 6.71. The molecule has 2 amide bonds. The number of rotatable bonds is 7. The number of carboxylic acids is 1. The van der Waals surface area contributed by atoms with E-state index in [4.69, 9.17) is 0 Å².